The van der Waals surface area contributed by atoms with Gasteiger partial charge in [0.05, 0.1) is 9.92 Å². The lowest BCUT2D eigenvalue weighted by molar-refractivity contribution is -0.107. The first-order valence-corrected chi connectivity index (χ1v) is 8.39. The van der Waals surface area contributed by atoms with Gasteiger partial charge in [0.2, 0.25) is 0 Å². The first-order chi connectivity index (χ1) is 7.90. The molecule has 6 heteroatoms. The minimum absolute atomic E-state index is 0.235. The van der Waals surface area contributed by atoms with E-state index >= 15 is 0 Å². The number of carbonyl (C=O) groups is 1. The number of thioether (sulfide) groups is 1. The molecule has 1 aromatic carbocycles. The summed E-state index contributed by atoms with van der Waals surface area (Å²) in [6.07, 6.45) is 4.60. The predicted octanol–water partition coefficient (Wildman–Crippen LogP) is 2.60. The van der Waals surface area contributed by atoms with Crippen molar-refractivity contribution in [3.8, 4) is 0 Å². The van der Waals surface area contributed by atoms with Crippen molar-refractivity contribution >= 4 is 39.5 Å². The number of benzene rings is 1. The number of hydrogen-bond acceptors (Lipinski definition) is 4. The van der Waals surface area contributed by atoms with Crippen LogP contribution in [0.25, 0.3) is 0 Å². The molecule has 1 aromatic rings. The van der Waals surface area contributed by atoms with Gasteiger partial charge in [0.1, 0.15) is 6.29 Å². The summed E-state index contributed by atoms with van der Waals surface area (Å²) in [4.78, 5) is 11.1. The number of sulfone groups is 1. The Morgan fingerprint density at radius 3 is 2.53 bits per heavy atom. The molecule has 0 N–H and O–H groups in total. The number of aldehydes is 1. The number of rotatable bonds is 5. The summed E-state index contributed by atoms with van der Waals surface area (Å²) < 4.78 is 23.3. The lowest BCUT2D eigenvalue weighted by Gasteiger charge is -2.10. The highest BCUT2D eigenvalue weighted by Crippen LogP contribution is 2.33. The highest BCUT2D eigenvalue weighted by atomic mass is 35.5. The SMILES string of the molecule is CSc1c(Cl)cc(CCC=O)cc1S(C)(=O)=O. The summed E-state index contributed by atoms with van der Waals surface area (Å²) in [7, 11) is -3.31. The summed E-state index contributed by atoms with van der Waals surface area (Å²) in [5.74, 6) is 0. The monoisotopic (exact) mass is 292 g/mol. The third-order valence-corrected chi connectivity index (χ3v) is 4.73. The van der Waals surface area contributed by atoms with Gasteiger partial charge in [0, 0.05) is 17.6 Å². The molecule has 94 valence electrons. The fourth-order valence-electron chi connectivity index (χ4n) is 1.47. The zero-order chi connectivity index (χ0) is 13.1. The van der Waals surface area contributed by atoms with Crippen LogP contribution < -0.4 is 0 Å². The third-order valence-electron chi connectivity index (χ3n) is 2.22. The van der Waals surface area contributed by atoms with Gasteiger partial charge < -0.3 is 4.79 Å². The van der Waals surface area contributed by atoms with Gasteiger partial charge in [-0.05, 0) is 30.4 Å². The Morgan fingerprint density at radius 1 is 1.41 bits per heavy atom. The topological polar surface area (TPSA) is 51.2 Å². The molecular formula is C11H13ClO3S2. The van der Waals surface area contributed by atoms with Crippen LogP contribution in [0.15, 0.2) is 21.9 Å². The lowest BCUT2D eigenvalue weighted by atomic mass is 10.1. The van der Waals surface area contributed by atoms with Crippen LogP contribution in [0.1, 0.15) is 12.0 Å². The van der Waals surface area contributed by atoms with Crippen molar-refractivity contribution in [2.75, 3.05) is 12.5 Å². The van der Waals surface area contributed by atoms with Crippen LogP contribution in [0.3, 0.4) is 0 Å². The first kappa shape index (κ1) is 14.5. The summed E-state index contributed by atoms with van der Waals surface area (Å²) >= 11 is 7.35. The molecule has 0 aromatic heterocycles. The molecule has 0 aliphatic rings. The first-order valence-electron chi connectivity index (χ1n) is 4.90. The van der Waals surface area contributed by atoms with Gasteiger partial charge in [-0.2, -0.15) is 0 Å². The van der Waals surface area contributed by atoms with Crippen molar-refractivity contribution in [3.05, 3.63) is 22.7 Å². The van der Waals surface area contributed by atoms with Crippen LogP contribution >= 0.6 is 23.4 Å². The van der Waals surface area contributed by atoms with Crippen LogP contribution in [0.5, 0.6) is 0 Å². The summed E-state index contributed by atoms with van der Waals surface area (Å²) in [6.45, 7) is 0. The Kier molecular flexibility index (Phi) is 5.04. The zero-order valence-corrected chi connectivity index (χ0v) is 12.0. The number of aryl methyl sites for hydroxylation is 1. The van der Waals surface area contributed by atoms with E-state index in [4.69, 9.17) is 11.6 Å². The van der Waals surface area contributed by atoms with E-state index < -0.39 is 9.84 Å². The highest BCUT2D eigenvalue weighted by molar-refractivity contribution is 7.99. The van der Waals surface area contributed by atoms with Crippen molar-refractivity contribution in [3.63, 3.8) is 0 Å². The van der Waals surface area contributed by atoms with Crippen molar-refractivity contribution in [1.82, 2.24) is 0 Å². The Labute approximate surface area is 110 Å². The van der Waals surface area contributed by atoms with Crippen LogP contribution in [0, 0.1) is 0 Å². The van der Waals surface area contributed by atoms with Crippen LogP contribution in [-0.2, 0) is 21.1 Å². The minimum Gasteiger partial charge on any atom is -0.303 e. The molecule has 1 rings (SSSR count). The molecular weight excluding hydrogens is 280 g/mol. The molecule has 0 atom stereocenters. The fourth-order valence-corrected chi connectivity index (χ4v) is 4.02. The molecule has 0 saturated carbocycles. The van der Waals surface area contributed by atoms with Crippen molar-refractivity contribution < 1.29 is 13.2 Å². The average molecular weight is 293 g/mol. The van der Waals surface area contributed by atoms with Crippen molar-refractivity contribution in [2.45, 2.75) is 22.6 Å². The van der Waals surface area contributed by atoms with E-state index in [1.165, 1.54) is 11.8 Å². The molecule has 0 radical (unpaired) electrons. The van der Waals surface area contributed by atoms with E-state index in [0.717, 1.165) is 18.1 Å². The smallest absolute Gasteiger partial charge is 0.176 e. The molecule has 0 bridgehead atoms. The second kappa shape index (κ2) is 5.89. The average Bonchev–Trinajstić information content (AvgIpc) is 2.24. The maximum atomic E-state index is 11.6. The zero-order valence-electron chi connectivity index (χ0n) is 9.57. The van der Waals surface area contributed by atoms with Gasteiger partial charge in [-0.15, -0.1) is 11.8 Å². The van der Waals surface area contributed by atoms with Gasteiger partial charge in [0.15, 0.2) is 9.84 Å². The molecule has 0 spiro atoms. The quantitative estimate of drug-likeness (QED) is 0.618. The van der Waals surface area contributed by atoms with Gasteiger partial charge in [-0.3, -0.25) is 0 Å². The standard InChI is InChI=1S/C11H13ClO3S2/c1-16-11-9(12)6-8(4-3-5-13)7-10(11)17(2,14)15/h5-7H,3-4H2,1-2H3. The van der Waals surface area contributed by atoms with E-state index in [1.807, 2.05) is 0 Å². The number of carbonyl (C=O) groups excluding carboxylic acids is 1. The van der Waals surface area contributed by atoms with Crippen LogP contribution in [0.2, 0.25) is 5.02 Å². The predicted molar refractivity (Wildman–Crippen MR) is 70.7 cm³/mol. The molecule has 0 saturated heterocycles. The molecule has 17 heavy (non-hydrogen) atoms. The molecule has 0 aliphatic carbocycles. The van der Waals surface area contributed by atoms with Gasteiger partial charge >= 0.3 is 0 Å². The largest absolute Gasteiger partial charge is 0.303 e. The van der Waals surface area contributed by atoms with E-state index in [-0.39, 0.29) is 4.90 Å². The Balaban J connectivity index is 3.34. The maximum absolute atomic E-state index is 11.6. The van der Waals surface area contributed by atoms with Gasteiger partial charge in [0.25, 0.3) is 0 Å². The molecule has 0 heterocycles. The summed E-state index contributed by atoms with van der Waals surface area (Å²) in [6, 6.07) is 3.31. The second-order valence-electron chi connectivity index (χ2n) is 3.59. The second-order valence-corrected chi connectivity index (χ2v) is 6.79. The number of hydrogen-bond donors (Lipinski definition) is 0. The van der Waals surface area contributed by atoms with E-state index in [9.17, 15) is 13.2 Å². The van der Waals surface area contributed by atoms with Crippen molar-refractivity contribution in [1.29, 1.82) is 0 Å². The third kappa shape index (κ3) is 3.72. The maximum Gasteiger partial charge on any atom is 0.176 e. The van der Waals surface area contributed by atoms with Gasteiger partial charge in [-0.1, -0.05) is 11.6 Å². The highest BCUT2D eigenvalue weighted by Gasteiger charge is 2.17. The minimum atomic E-state index is -3.31. The normalized spacial score (nSPS) is 11.5. The molecule has 0 fully saturated rings. The van der Waals surface area contributed by atoms with Crippen molar-refractivity contribution in [2.24, 2.45) is 0 Å². The fraction of sp³-hybridized carbons (Fsp3) is 0.364. The Morgan fingerprint density at radius 2 is 2.06 bits per heavy atom. The Bertz CT molecular complexity index is 524. The molecule has 3 nitrogen and oxygen atoms in total. The summed E-state index contributed by atoms with van der Waals surface area (Å²) in [5, 5.41) is 0.418. The number of halogens is 1. The molecule has 0 amide bonds. The van der Waals surface area contributed by atoms with E-state index in [1.54, 1.807) is 18.4 Å². The molecule has 0 unspecified atom stereocenters. The van der Waals surface area contributed by atoms with E-state index in [0.29, 0.717) is 22.8 Å². The van der Waals surface area contributed by atoms with E-state index in [2.05, 4.69) is 0 Å². The van der Waals surface area contributed by atoms with Crippen LogP contribution in [0.4, 0.5) is 0 Å². The lowest BCUT2D eigenvalue weighted by Crippen LogP contribution is -2.02. The Hall–Kier alpha value is -0.520. The summed E-state index contributed by atoms with van der Waals surface area (Å²) in [5.41, 5.74) is 0.764. The molecule has 0 aliphatic heterocycles. The van der Waals surface area contributed by atoms with Gasteiger partial charge in [-0.25, -0.2) is 8.42 Å². The van der Waals surface area contributed by atoms with Crippen LogP contribution in [-0.4, -0.2) is 27.2 Å².